The SMILES string of the molecule is CCOC(=O)C(CO)OCC. The topological polar surface area (TPSA) is 55.8 Å². The van der Waals surface area contributed by atoms with Crippen LogP contribution < -0.4 is 0 Å². The molecule has 0 aromatic carbocycles. The Morgan fingerprint density at radius 2 is 2.09 bits per heavy atom. The minimum atomic E-state index is -0.819. The summed E-state index contributed by atoms with van der Waals surface area (Å²) in [7, 11) is 0. The highest BCUT2D eigenvalue weighted by atomic mass is 16.6. The normalized spacial score (nSPS) is 12.6. The van der Waals surface area contributed by atoms with Crippen LogP contribution in [-0.2, 0) is 14.3 Å². The molecule has 0 amide bonds. The third-order valence-electron chi connectivity index (χ3n) is 1.08. The quantitative estimate of drug-likeness (QED) is 0.576. The molecule has 0 aromatic rings. The van der Waals surface area contributed by atoms with Gasteiger partial charge in [0, 0.05) is 6.61 Å². The van der Waals surface area contributed by atoms with Gasteiger partial charge in [0.1, 0.15) is 0 Å². The van der Waals surface area contributed by atoms with Gasteiger partial charge >= 0.3 is 5.97 Å². The van der Waals surface area contributed by atoms with Crippen molar-refractivity contribution < 1.29 is 19.4 Å². The first-order valence-corrected chi connectivity index (χ1v) is 3.65. The maximum absolute atomic E-state index is 10.9. The second-order valence-electron chi connectivity index (χ2n) is 1.88. The molecule has 66 valence electrons. The van der Waals surface area contributed by atoms with Crippen molar-refractivity contribution in [1.29, 1.82) is 0 Å². The Hall–Kier alpha value is -0.610. The fourth-order valence-electron chi connectivity index (χ4n) is 0.632. The van der Waals surface area contributed by atoms with Crippen LogP contribution in [0, 0.1) is 0 Å². The first kappa shape index (κ1) is 10.4. The van der Waals surface area contributed by atoms with Gasteiger partial charge in [-0.1, -0.05) is 0 Å². The monoisotopic (exact) mass is 162 g/mol. The van der Waals surface area contributed by atoms with E-state index in [1.165, 1.54) is 0 Å². The Balaban J connectivity index is 3.71. The van der Waals surface area contributed by atoms with E-state index in [-0.39, 0.29) is 6.61 Å². The third kappa shape index (κ3) is 3.95. The molecule has 0 bridgehead atoms. The number of rotatable bonds is 5. The zero-order valence-electron chi connectivity index (χ0n) is 6.87. The van der Waals surface area contributed by atoms with Crippen LogP contribution in [0.15, 0.2) is 0 Å². The molecule has 0 radical (unpaired) electrons. The molecule has 0 saturated heterocycles. The van der Waals surface area contributed by atoms with Gasteiger partial charge in [-0.05, 0) is 13.8 Å². The van der Waals surface area contributed by atoms with Crippen molar-refractivity contribution in [2.45, 2.75) is 20.0 Å². The molecule has 11 heavy (non-hydrogen) atoms. The largest absolute Gasteiger partial charge is 0.464 e. The summed E-state index contributed by atoms with van der Waals surface area (Å²) in [6.45, 7) is 3.83. The van der Waals surface area contributed by atoms with Crippen molar-refractivity contribution in [3.8, 4) is 0 Å². The average molecular weight is 162 g/mol. The summed E-state index contributed by atoms with van der Waals surface area (Å²) in [5, 5.41) is 8.63. The van der Waals surface area contributed by atoms with Crippen LogP contribution in [0.5, 0.6) is 0 Å². The van der Waals surface area contributed by atoms with E-state index in [0.29, 0.717) is 13.2 Å². The van der Waals surface area contributed by atoms with Crippen LogP contribution in [-0.4, -0.2) is 37.0 Å². The van der Waals surface area contributed by atoms with Gasteiger partial charge in [-0.25, -0.2) is 4.79 Å². The van der Waals surface area contributed by atoms with Crippen molar-refractivity contribution >= 4 is 5.97 Å². The lowest BCUT2D eigenvalue weighted by Crippen LogP contribution is -2.30. The number of carbonyl (C=O) groups is 1. The molecule has 1 unspecified atom stereocenters. The van der Waals surface area contributed by atoms with Crippen molar-refractivity contribution in [3.63, 3.8) is 0 Å². The standard InChI is InChI=1S/C7H14O4/c1-3-10-6(5-8)7(9)11-4-2/h6,8H,3-5H2,1-2H3. The summed E-state index contributed by atoms with van der Waals surface area (Å²) in [5.74, 6) is -0.503. The zero-order chi connectivity index (χ0) is 8.69. The number of hydrogen-bond donors (Lipinski definition) is 1. The Morgan fingerprint density at radius 1 is 1.45 bits per heavy atom. The molecule has 1 N–H and O–H groups in total. The van der Waals surface area contributed by atoms with Crippen LogP contribution in [0.3, 0.4) is 0 Å². The highest BCUT2D eigenvalue weighted by Gasteiger charge is 2.17. The number of carbonyl (C=O) groups excluding carboxylic acids is 1. The van der Waals surface area contributed by atoms with E-state index >= 15 is 0 Å². The lowest BCUT2D eigenvalue weighted by Gasteiger charge is -2.11. The van der Waals surface area contributed by atoms with E-state index in [4.69, 9.17) is 9.84 Å². The minimum Gasteiger partial charge on any atom is -0.464 e. The molecule has 0 aliphatic rings. The molecule has 0 aromatic heterocycles. The molecule has 0 fully saturated rings. The Labute approximate surface area is 66.1 Å². The lowest BCUT2D eigenvalue weighted by atomic mass is 10.4. The maximum atomic E-state index is 10.9. The Bertz CT molecular complexity index is 113. The van der Waals surface area contributed by atoms with E-state index < -0.39 is 12.1 Å². The number of aliphatic hydroxyl groups excluding tert-OH is 1. The number of aliphatic hydroxyl groups is 1. The molecule has 0 spiro atoms. The molecule has 4 nitrogen and oxygen atoms in total. The molecule has 0 heterocycles. The molecule has 0 aliphatic heterocycles. The fraction of sp³-hybridized carbons (Fsp3) is 0.857. The maximum Gasteiger partial charge on any atom is 0.337 e. The van der Waals surface area contributed by atoms with E-state index in [0.717, 1.165) is 0 Å². The number of hydrogen-bond acceptors (Lipinski definition) is 4. The Kier molecular flexibility index (Phi) is 5.78. The summed E-state index contributed by atoms with van der Waals surface area (Å²) in [4.78, 5) is 10.9. The van der Waals surface area contributed by atoms with Crippen LogP contribution in [0.4, 0.5) is 0 Å². The zero-order valence-corrected chi connectivity index (χ0v) is 6.87. The van der Waals surface area contributed by atoms with Gasteiger partial charge < -0.3 is 14.6 Å². The van der Waals surface area contributed by atoms with Crippen molar-refractivity contribution in [2.24, 2.45) is 0 Å². The molecular weight excluding hydrogens is 148 g/mol. The molecule has 4 heteroatoms. The van der Waals surface area contributed by atoms with Crippen molar-refractivity contribution in [1.82, 2.24) is 0 Å². The second-order valence-corrected chi connectivity index (χ2v) is 1.88. The van der Waals surface area contributed by atoms with Gasteiger partial charge in [0.15, 0.2) is 6.10 Å². The minimum absolute atomic E-state index is 0.308. The van der Waals surface area contributed by atoms with Crippen molar-refractivity contribution in [2.75, 3.05) is 19.8 Å². The van der Waals surface area contributed by atoms with Gasteiger partial charge in [0.25, 0.3) is 0 Å². The predicted octanol–water partition coefficient (Wildman–Crippen LogP) is -0.0531. The smallest absolute Gasteiger partial charge is 0.337 e. The molecule has 0 saturated carbocycles. The van der Waals surface area contributed by atoms with E-state index in [9.17, 15) is 4.79 Å². The van der Waals surface area contributed by atoms with Gasteiger partial charge in [-0.15, -0.1) is 0 Å². The first-order chi connectivity index (χ1) is 5.26. The molecular formula is C7H14O4. The summed E-state index contributed by atoms with van der Waals surface area (Å²) >= 11 is 0. The predicted molar refractivity (Wildman–Crippen MR) is 39.1 cm³/mol. The van der Waals surface area contributed by atoms with Crippen molar-refractivity contribution in [3.05, 3.63) is 0 Å². The molecule has 1 atom stereocenters. The summed E-state index contributed by atoms with van der Waals surface area (Å²) in [6.07, 6.45) is -0.819. The van der Waals surface area contributed by atoms with Gasteiger partial charge in [-0.3, -0.25) is 0 Å². The second kappa shape index (κ2) is 6.12. The fourth-order valence-corrected chi connectivity index (χ4v) is 0.632. The van der Waals surface area contributed by atoms with E-state index in [1.54, 1.807) is 13.8 Å². The van der Waals surface area contributed by atoms with Gasteiger partial charge in [0.2, 0.25) is 0 Å². The summed E-state index contributed by atoms with van der Waals surface area (Å²) in [6, 6.07) is 0. The average Bonchev–Trinajstić information content (AvgIpc) is 2.00. The van der Waals surface area contributed by atoms with Gasteiger partial charge in [0.05, 0.1) is 13.2 Å². The van der Waals surface area contributed by atoms with E-state index in [2.05, 4.69) is 4.74 Å². The van der Waals surface area contributed by atoms with E-state index in [1.807, 2.05) is 0 Å². The highest BCUT2D eigenvalue weighted by molar-refractivity contribution is 5.74. The number of esters is 1. The summed E-state index contributed by atoms with van der Waals surface area (Å²) < 4.78 is 9.50. The summed E-state index contributed by atoms with van der Waals surface area (Å²) in [5.41, 5.74) is 0. The van der Waals surface area contributed by atoms with Crippen LogP contribution in [0.25, 0.3) is 0 Å². The lowest BCUT2D eigenvalue weighted by molar-refractivity contribution is -0.158. The number of ether oxygens (including phenoxy) is 2. The molecule has 0 aliphatic carbocycles. The van der Waals surface area contributed by atoms with Gasteiger partial charge in [-0.2, -0.15) is 0 Å². The van der Waals surface area contributed by atoms with Crippen LogP contribution in [0.2, 0.25) is 0 Å². The third-order valence-corrected chi connectivity index (χ3v) is 1.08. The van der Waals surface area contributed by atoms with Crippen LogP contribution in [0.1, 0.15) is 13.8 Å². The Morgan fingerprint density at radius 3 is 2.45 bits per heavy atom. The van der Waals surface area contributed by atoms with Crippen LogP contribution >= 0.6 is 0 Å². The first-order valence-electron chi connectivity index (χ1n) is 3.65. The highest BCUT2D eigenvalue weighted by Crippen LogP contribution is 1.94. The molecule has 0 rings (SSSR count).